The average Bonchev–Trinajstić information content (AvgIpc) is 2.37. The third-order valence-electron chi connectivity index (χ3n) is 3.45. The van der Waals surface area contributed by atoms with E-state index in [0.29, 0.717) is 11.8 Å². The van der Waals surface area contributed by atoms with E-state index in [2.05, 4.69) is 19.2 Å². The highest BCUT2D eigenvalue weighted by molar-refractivity contribution is 5.39. The summed E-state index contributed by atoms with van der Waals surface area (Å²) in [7, 11) is 0. The Bertz CT molecular complexity index is 349. The molecule has 0 amide bonds. The first kappa shape index (κ1) is 15.0. The largest absolute Gasteiger partial charge is 0.507 e. The van der Waals surface area contributed by atoms with E-state index in [9.17, 15) is 5.11 Å². The standard InChI is InChI=1S/C16H27NO/c1-4-6-11-15(8-5-2)17-12-14-10-7-9-13(3)16(14)18/h7,9-10,15,17-18H,4-6,8,11-12H2,1-3H3. The minimum Gasteiger partial charge on any atom is -0.507 e. The van der Waals surface area contributed by atoms with Crippen molar-refractivity contribution in [3.8, 4) is 5.75 Å². The van der Waals surface area contributed by atoms with Gasteiger partial charge in [-0.15, -0.1) is 0 Å². The van der Waals surface area contributed by atoms with Crippen molar-refractivity contribution in [2.75, 3.05) is 0 Å². The number of benzene rings is 1. The van der Waals surface area contributed by atoms with Crippen molar-refractivity contribution in [3.63, 3.8) is 0 Å². The van der Waals surface area contributed by atoms with Crippen molar-refractivity contribution in [2.24, 2.45) is 0 Å². The molecule has 0 spiro atoms. The summed E-state index contributed by atoms with van der Waals surface area (Å²) in [4.78, 5) is 0. The normalized spacial score (nSPS) is 12.6. The van der Waals surface area contributed by atoms with Gasteiger partial charge >= 0.3 is 0 Å². The van der Waals surface area contributed by atoms with Crippen molar-refractivity contribution in [3.05, 3.63) is 29.3 Å². The smallest absolute Gasteiger partial charge is 0.122 e. The first-order valence-corrected chi connectivity index (χ1v) is 7.19. The second-order valence-electron chi connectivity index (χ2n) is 5.09. The molecule has 0 aliphatic rings. The molecule has 1 atom stereocenters. The molecule has 1 aromatic carbocycles. The zero-order valence-electron chi connectivity index (χ0n) is 12.0. The van der Waals surface area contributed by atoms with Gasteiger partial charge in [-0.05, 0) is 25.3 Å². The van der Waals surface area contributed by atoms with Gasteiger partial charge in [0.15, 0.2) is 0 Å². The summed E-state index contributed by atoms with van der Waals surface area (Å²) < 4.78 is 0. The van der Waals surface area contributed by atoms with Crippen molar-refractivity contribution in [2.45, 2.75) is 65.5 Å². The molecule has 0 aromatic heterocycles. The van der Waals surface area contributed by atoms with Crippen molar-refractivity contribution in [1.29, 1.82) is 0 Å². The number of aromatic hydroxyl groups is 1. The fourth-order valence-corrected chi connectivity index (χ4v) is 2.26. The molecule has 1 aromatic rings. The summed E-state index contributed by atoms with van der Waals surface area (Å²) in [6, 6.07) is 6.53. The number of unbranched alkanes of at least 4 members (excludes halogenated alkanes) is 1. The predicted molar refractivity (Wildman–Crippen MR) is 77.9 cm³/mol. The molecular formula is C16H27NO. The molecule has 0 saturated heterocycles. The quantitative estimate of drug-likeness (QED) is 0.725. The summed E-state index contributed by atoms with van der Waals surface area (Å²) in [5.74, 6) is 0.440. The maximum atomic E-state index is 9.98. The van der Waals surface area contributed by atoms with Crippen LogP contribution in [0.3, 0.4) is 0 Å². The molecule has 0 aliphatic carbocycles. The van der Waals surface area contributed by atoms with E-state index in [1.54, 1.807) is 0 Å². The van der Waals surface area contributed by atoms with Gasteiger partial charge in [-0.2, -0.15) is 0 Å². The molecule has 2 N–H and O–H groups in total. The van der Waals surface area contributed by atoms with Crippen molar-refractivity contribution < 1.29 is 5.11 Å². The lowest BCUT2D eigenvalue weighted by Gasteiger charge is -2.18. The molecule has 2 nitrogen and oxygen atoms in total. The van der Waals surface area contributed by atoms with Gasteiger partial charge < -0.3 is 10.4 Å². The highest BCUT2D eigenvalue weighted by Gasteiger charge is 2.09. The van der Waals surface area contributed by atoms with E-state index in [0.717, 1.165) is 17.7 Å². The third-order valence-corrected chi connectivity index (χ3v) is 3.45. The van der Waals surface area contributed by atoms with Gasteiger partial charge in [-0.1, -0.05) is 51.3 Å². The Labute approximate surface area is 111 Å². The summed E-state index contributed by atoms with van der Waals surface area (Å²) >= 11 is 0. The molecule has 1 rings (SSSR count). The third kappa shape index (κ3) is 4.69. The molecule has 102 valence electrons. The van der Waals surface area contributed by atoms with Crippen LogP contribution >= 0.6 is 0 Å². The van der Waals surface area contributed by atoms with Crippen molar-refractivity contribution in [1.82, 2.24) is 5.32 Å². The molecule has 18 heavy (non-hydrogen) atoms. The number of nitrogens with one attached hydrogen (secondary N) is 1. The summed E-state index contributed by atoms with van der Waals surface area (Å²) in [5, 5.41) is 13.6. The van der Waals surface area contributed by atoms with Crippen LogP contribution in [0.2, 0.25) is 0 Å². The highest BCUT2D eigenvalue weighted by atomic mass is 16.3. The lowest BCUT2D eigenvalue weighted by Crippen LogP contribution is -2.28. The molecule has 1 unspecified atom stereocenters. The minimum absolute atomic E-state index is 0.440. The van der Waals surface area contributed by atoms with Crippen LogP contribution in [0.25, 0.3) is 0 Å². The van der Waals surface area contributed by atoms with Gasteiger partial charge in [0.1, 0.15) is 5.75 Å². The zero-order valence-corrected chi connectivity index (χ0v) is 12.0. The number of phenolic OH excluding ortho intramolecular Hbond substituents is 1. The first-order valence-electron chi connectivity index (χ1n) is 7.19. The van der Waals surface area contributed by atoms with E-state index >= 15 is 0 Å². The van der Waals surface area contributed by atoms with Gasteiger partial charge in [0.2, 0.25) is 0 Å². The number of hydrogen-bond donors (Lipinski definition) is 2. The lowest BCUT2D eigenvalue weighted by molar-refractivity contribution is 0.421. The van der Waals surface area contributed by atoms with Crippen LogP contribution in [0.1, 0.15) is 57.1 Å². The van der Waals surface area contributed by atoms with E-state index in [4.69, 9.17) is 0 Å². The molecule has 0 radical (unpaired) electrons. The van der Waals surface area contributed by atoms with Gasteiger partial charge in [0.25, 0.3) is 0 Å². The van der Waals surface area contributed by atoms with Crippen LogP contribution in [0, 0.1) is 6.92 Å². The van der Waals surface area contributed by atoms with Gasteiger partial charge in [-0.25, -0.2) is 0 Å². The molecule has 0 saturated carbocycles. The fraction of sp³-hybridized carbons (Fsp3) is 0.625. The number of phenols is 1. The zero-order chi connectivity index (χ0) is 13.4. The van der Waals surface area contributed by atoms with E-state index in [1.165, 1.54) is 32.1 Å². The number of aryl methyl sites for hydroxylation is 1. The molecule has 2 heteroatoms. The Morgan fingerprint density at radius 3 is 2.61 bits per heavy atom. The second kappa shape index (κ2) is 8.15. The average molecular weight is 249 g/mol. The lowest BCUT2D eigenvalue weighted by atomic mass is 10.0. The predicted octanol–water partition coefficient (Wildman–Crippen LogP) is 4.15. The van der Waals surface area contributed by atoms with Crippen LogP contribution in [-0.2, 0) is 6.54 Å². The van der Waals surface area contributed by atoms with Gasteiger partial charge in [0.05, 0.1) is 0 Å². The topological polar surface area (TPSA) is 32.3 Å². The van der Waals surface area contributed by atoms with Crippen LogP contribution in [0.15, 0.2) is 18.2 Å². The Hall–Kier alpha value is -1.02. The van der Waals surface area contributed by atoms with E-state index in [-0.39, 0.29) is 0 Å². The van der Waals surface area contributed by atoms with Crippen LogP contribution in [0.4, 0.5) is 0 Å². The van der Waals surface area contributed by atoms with E-state index in [1.807, 2.05) is 25.1 Å². The molecule has 0 aliphatic heterocycles. The molecular weight excluding hydrogens is 222 g/mol. The van der Waals surface area contributed by atoms with Gasteiger partial charge in [-0.3, -0.25) is 0 Å². The van der Waals surface area contributed by atoms with Crippen LogP contribution in [0.5, 0.6) is 5.75 Å². The Morgan fingerprint density at radius 1 is 1.17 bits per heavy atom. The Balaban J connectivity index is 2.52. The second-order valence-corrected chi connectivity index (χ2v) is 5.09. The highest BCUT2D eigenvalue weighted by Crippen LogP contribution is 2.21. The maximum absolute atomic E-state index is 9.98. The number of hydrogen-bond acceptors (Lipinski definition) is 2. The SMILES string of the molecule is CCCCC(CCC)NCc1cccc(C)c1O. The molecule has 0 bridgehead atoms. The first-order chi connectivity index (χ1) is 8.69. The minimum atomic E-state index is 0.440. The molecule has 0 heterocycles. The summed E-state index contributed by atoms with van der Waals surface area (Å²) in [6.45, 7) is 7.17. The van der Waals surface area contributed by atoms with E-state index < -0.39 is 0 Å². The molecule has 0 fully saturated rings. The fourth-order valence-electron chi connectivity index (χ4n) is 2.26. The summed E-state index contributed by atoms with van der Waals surface area (Å²) in [5.41, 5.74) is 1.96. The van der Waals surface area contributed by atoms with Gasteiger partial charge in [0, 0.05) is 18.2 Å². The Morgan fingerprint density at radius 2 is 1.94 bits per heavy atom. The number of rotatable bonds is 8. The Kier molecular flexibility index (Phi) is 6.81. The van der Waals surface area contributed by atoms with Crippen LogP contribution < -0.4 is 5.32 Å². The van der Waals surface area contributed by atoms with Crippen LogP contribution in [-0.4, -0.2) is 11.1 Å². The monoisotopic (exact) mass is 249 g/mol. The number of para-hydroxylation sites is 1. The maximum Gasteiger partial charge on any atom is 0.122 e. The van der Waals surface area contributed by atoms with Crippen molar-refractivity contribution >= 4 is 0 Å². The summed E-state index contributed by atoms with van der Waals surface area (Å²) in [6.07, 6.45) is 6.18.